The Morgan fingerprint density at radius 1 is 1.11 bits per heavy atom. The normalized spacial score (nSPS) is 12.1. The Hall–Kier alpha value is -1.86. The largest absolute Gasteiger partial charge is 0.499 e. The number of hydrogen-bond acceptors (Lipinski definition) is 3. The van der Waals surface area contributed by atoms with Crippen molar-refractivity contribution in [1.82, 2.24) is 0 Å². The van der Waals surface area contributed by atoms with Gasteiger partial charge in [0.05, 0.1) is 0 Å². The fourth-order valence-electron chi connectivity index (χ4n) is 1.04. The number of rotatable bonds is 5. The highest BCUT2D eigenvalue weighted by molar-refractivity contribution is 5.39. The SMILES string of the molecule is O=COCc1ccccc1OC(F)(F)C(F)(F)F. The topological polar surface area (TPSA) is 35.5 Å². The Morgan fingerprint density at radius 3 is 2.28 bits per heavy atom. The lowest BCUT2D eigenvalue weighted by Crippen LogP contribution is -2.42. The number of carbonyl (C=O) groups excluding carboxylic acids is 1. The predicted molar refractivity (Wildman–Crippen MR) is 48.9 cm³/mol. The van der Waals surface area contributed by atoms with Crippen LogP contribution in [-0.4, -0.2) is 18.8 Å². The molecule has 1 rings (SSSR count). The van der Waals surface area contributed by atoms with Crippen molar-refractivity contribution >= 4 is 6.47 Å². The zero-order valence-corrected chi connectivity index (χ0v) is 8.71. The van der Waals surface area contributed by atoms with Crippen molar-refractivity contribution < 1.29 is 36.2 Å². The zero-order chi connectivity index (χ0) is 13.8. The zero-order valence-electron chi connectivity index (χ0n) is 8.71. The van der Waals surface area contributed by atoms with E-state index in [-0.39, 0.29) is 12.0 Å². The fraction of sp³-hybridized carbons (Fsp3) is 0.300. The number of carbonyl (C=O) groups is 1. The third-order valence-electron chi connectivity index (χ3n) is 1.85. The van der Waals surface area contributed by atoms with Gasteiger partial charge in [-0.3, -0.25) is 4.79 Å². The van der Waals surface area contributed by atoms with Crippen molar-refractivity contribution in [1.29, 1.82) is 0 Å². The Kier molecular flexibility index (Phi) is 4.10. The van der Waals surface area contributed by atoms with Crippen LogP contribution in [0.4, 0.5) is 22.0 Å². The van der Waals surface area contributed by atoms with E-state index in [1.807, 2.05) is 0 Å². The van der Waals surface area contributed by atoms with Crippen LogP contribution in [0.25, 0.3) is 0 Å². The summed E-state index contributed by atoms with van der Waals surface area (Å²) < 4.78 is 69.1. The van der Waals surface area contributed by atoms with Gasteiger partial charge in [0, 0.05) is 5.56 Å². The standard InChI is InChI=1S/C10H7F5O3/c11-9(12,13)10(14,15)18-8-4-2-1-3-7(8)5-17-6-16/h1-4,6H,5H2. The molecule has 0 aliphatic carbocycles. The van der Waals surface area contributed by atoms with Gasteiger partial charge < -0.3 is 9.47 Å². The third-order valence-corrected chi connectivity index (χ3v) is 1.85. The molecule has 0 aliphatic rings. The van der Waals surface area contributed by atoms with Crippen molar-refractivity contribution in [3.8, 4) is 5.75 Å². The molecule has 18 heavy (non-hydrogen) atoms. The van der Waals surface area contributed by atoms with Gasteiger partial charge in [-0.05, 0) is 6.07 Å². The summed E-state index contributed by atoms with van der Waals surface area (Å²) in [7, 11) is 0. The maximum atomic E-state index is 12.7. The van der Waals surface area contributed by atoms with Crippen LogP contribution < -0.4 is 4.74 Å². The second kappa shape index (κ2) is 5.19. The lowest BCUT2D eigenvalue weighted by molar-refractivity contribution is -0.360. The van der Waals surface area contributed by atoms with Crippen LogP contribution in [0.1, 0.15) is 5.56 Å². The van der Waals surface area contributed by atoms with Crippen molar-refractivity contribution in [2.24, 2.45) is 0 Å². The maximum Gasteiger partial charge on any atom is 0.499 e. The lowest BCUT2D eigenvalue weighted by atomic mass is 10.2. The molecule has 0 radical (unpaired) electrons. The average molecular weight is 270 g/mol. The number of hydrogen-bond donors (Lipinski definition) is 0. The molecule has 0 saturated carbocycles. The number of halogens is 5. The van der Waals surface area contributed by atoms with Crippen LogP contribution in [0.3, 0.4) is 0 Å². The van der Waals surface area contributed by atoms with Gasteiger partial charge in [0.25, 0.3) is 6.47 Å². The highest BCUT2D eigenvalue weighted by atomic mass is 19.4. The van der Waals surface area contributed by atoms with Crippen molar-refractivity contribution in [3.63, 3.8) is 0 Å². The second-order valence-electron chi connectivity index (χ2n) is 3.13. The molecule has 0 saturated heterocycles. The molecular weight excluding hydrogens is 263 g/mol. The second-order valence-corrected chi connectivity index (χ2v) is 3.13. The molecule has 0 atom stereocenters. The van der Waals surface area contributed by atoms with E-state index >= 15 is 0 Å². The van der Waals surface area contributed by atoms with Crippen molar-refractivity contribution in [3.05, 3.63) is 29.8 Å². The Balaban J connectivity index is 2.93. The number of para-hydroxylation sites is 1. The minimum absolute atomic E-state index is 0.0404. The first kappa shape index (κ1) is 14.2. The number of ether oxygens (including phenoxy) is 2. The first-order chi connectivity index (χ1) is 8.28. The lowest BCUT2D eigenvalue weighted by Gasteiger charge is -2.21. The minimum Gasteiger partial charge on any atom is -0.463 e. The van der Waals surface area contributed by atoms with Gasteiger partial charge in [-0.2, -0.15) is 22.0 Å². The highest BCUT2D eigenvalue weighted by Gasteiger charge is 2.61. The Labute approximate surface area is 98.1 Å². The molecule has 1 aromatic rings. The predicted octanol–water partition coefficient (Wildman–Crippen LogP) is 2.89. The van der Waals surface area contributed by atoms with Crippen LogP contribution in [-0.2, 0) is 16.1 Å². The molecule has 0 bridgehead atoms. The van der Waals surface area contributed by atoms with Gasteiger partial charge in [-0.15, -0.1) is 0 Å². The smallest absolute Gasteiger partial charge is 0.463 e. The quantitative estimate of drug-likeness (QED) is 0.609. The van der Waals surface area contributed by atoms with Gasteiger partial charge in [-0.25, -0.2) is 0 Å². The fourth-order valence-corrected chi connectivity index (χ4v) is 1.04. The van der Waals surface area contributed by atoms with E-state index in [0.717, 1.165) is 6.07 Å². The van der Waals surface area contributed by atoms with E-state index < -0.39 is 24.6 Å². The van der Waals surface area contributed by atoms with E-state index in [4.69, 9.17) is 0 Å². The molecule has 0 amide bonds. The van der Waals surface area contributed by atoms with Crippen LogP contribution in [0.5, 0.6) is 5.75 Å². The van der Waals surface area contributed by atoms with Crippen LogP contribution in [0.2, 0.25) is 0 Å². The van der Waals surface area contributed by atoms with E-state index in [1.165, 1.54) is 18.2 Å². The first-order valence-corrected chi connectivity index (χ1v) is 4.54. The Bertz CT molecular complexity index is 416. The average Bonchev–Trinajstić information content (AvgIpc) is 2.26. The molecule has 0 heterocycles. The molecule has 0 aliphatic heterocycles. The van der Waals surface area contributed by atoms with E-state index in [0.29, 0.717) is 0 Å². The molecule has 8 heteroatoms. The minimum atomic E-state index is -5.83. The molecule has 1 aromatic carbocycles. The molecule has 100 valence electrons. The summed E-state index contributed by atoms with van der Waals surface area (Å²) in [6, 6.07) is 4.71. The highest BCUT2D eigenvalue weighted by Crippen LogP contribution is 2.38. The van der Waals surface area contributed by atoms with Crippen LogP contribution in [0, 0.1) is 0 Å². The van der Waals surface area contributed by atoms with Crippen LogP contribution >= 0.6 is 0 Å². The van der Waals surface area contributed by atoms with Gasteiger partial charge in [0.2, 0.25) is 0 Å². The summed E-state index contributed by atoms with van der Waals surface area (Å²) in [5.74, 6) is -0.707. The summed E-state index contributed by atoms with van der Waals surface area (Å²) in [4.78, 5) is 9.94. The maximum absolute atomic E-state index is 12.7. The molecule has 3 nitrogen and oxygen atoms in total. The van der Waals surface area contributed by atoms with Crippen molar-refractivity contribution in [2.45, 2.75) is 18.9 Å². The molecule has 0 fully saturated rings. The molecule has 0 spiro atoms. The first-order valence-electron chi connectivity index (χ1n) is 4.54. The van der Waals surface area contributed by atoms with E-state index in [9.17, 15) is 26.7 Å². The molecule has 0 N–H and O–H groups in total. The van der Waals surface area contributed by atoms with E-state index in [1.54, 1.807) is 0 Å². The monoisotopic (exact) mass is 270 g/mol. The summed E-state index contributed by atoms with van der Waals surface area (Å²) >= 11 is 0. The van der Waals surface area contributed by atoms with Gasteiger partial charge in [0.1, 0.15) is 12.4 Å². The molecule has 0 aromatic heterocycles. The van der Waals surface area contributed by atoms with Crippen molar-refractivity contribution in [2.75, 3.05) is 0 Å². The molecule has 0 unspecified atom stereocenters. The molecular formula is C10H7F5O3. The Morgan fingerprint density at radius 2 is 1.72 bits per heavy atom. The summed E-state index contributed by atoms with van der Waals surface area (Å²) in [6.07, 6.45) is -11.1. The summed E-state index contributed by atoms with van der Waals surface area (Å²) in [6.45, 7) is -0.424. The number of benzene rings is 1. The third kappa shape index (κ3) is 3.31. The van der Waals surface area contributed by atoms with E-state index in [2.05, 4.69) is 9.47 Å². The van der Waals surface area contributed by atoms with Gasteiger partial charge in [0.15, 0.2) is 0 Å². The van der Waals surface area contributed by atoms with Crippen LogP contribution in [0.15, 0.2) is 24.3 Å². The summed E-state index contributed by atoms with van der Waals surface area (Å²) in [5, 5.41) is 0. The van der Waals surface area contributed by atoms with Gasteiger partial charge >= 0.3 is 12.3 Å². The number of alkyl halides is 5. The van der Waals surface area contributed by atoms with Gasteiger partial charge in [-0.1, -0.05) is 18.2 Å². The summed E-state index contributed by atoms with van der Waals surface area (Å²) in [5.41, 5.74) is -0.103.